The van der Waals surface area contributed by atoms with E-state index >= 15 is 0 Å². The average molecular weight is 265 g/mol. The third-order valence-corrected chi connectivity index (χ3v) is 3.60. The highest BCUT2D eigenvalue weighted by Gasteiger charge is 2.27. The van der Waals surface area contributed by atoms with Gasteiger partial charge in [0.1, 0.15) is 12.1 Å². The zero-order chi connectivity index (χ0) is 13.8. The minimum Gasteiger partial charge on any atom is -0.481 e. The highest BCUT2D eigenvalue weighted by Crippen LogP contribution is 2.28. The first-order valence-corrected chi connectivity index (χ1v) is 6.46. The molecule has 1 aromatic rings. The van der Waals surface area contributed by atoms with Crippen LogP contribution in [-0.2, 0) is 4.79 Å². The van der Waals surface area contributed by atoms with E-state index in [-0.39, 0.29) is 12.0 Å². The maximum atomic E-state index is 11.0. The molecule has 2 unspecified atom stereocenters. The Labute approximate surface area is 112 Å². The smallest absolute Gasteiger partial charge is 0.306 e. The lowest BCUT2D eigenvalue weighted by Crippen LogP contribution is -2.31. The zero-order valence-electron chi connectivity index (χ0n) is 11.2. The van der Waals surface area contributed by atoms with E-state index in [0.29, 0.717) is 12.3 Å². The van der Waals surface area contributed by atoms with E-state index in [9.17, 15) is 4.79 Å². The second-order valence-electron chi connectivity index (χ2n) is 4.90. The van der Waals surface area contributed by atoms with Crippen LogP contribution in [0.15, 0.2) is 6.33 Å². The number of carboxylic acids is 1. The predicted octanol–water partition coefficient (Wildman–Crippen LogP) is 1.85. The molecule has 0 spiro atoms. The van der Waals surface area contributed by atoms with Crippen molar-refractivity contribution in [3.63, 3.8) is 0 Å². The number of carboxylic acid groups (broad SMARTS) is 1. The molecule has 0 radical (unpaired) electrons. The normalized spacial score (nSPS) is 22.8. The lowest BCUT2D eigenvalue weighted by molar-refractivity contribution is -0.142. The number of ether oxygens (including phenoxy) is 1. The standard InChI is InChI=1S/C13H19N3O3/c1-8-11(14-7-15-12(8)19-2)16-10-5-3-4-9(6-10)13(17)18/h7,9-10H,3-6H2,1-2H3,(H,17,18)(H,14,15,16). The summed E-state index contributed by atoms with van der Waals surface area (Å²) in [6.45, 7) is 1.89. The first-order valence-electron chi connectivity index (χ1n) is 6.46. The van der Waals surface area contributed by atoms with Crippen molar-refractivity contribution < 1.29 is 14.6 Å². The van der Waals surface area contributed by atoms with Crippen LogP contribution in [0.5, 0.6) is 5.88 Å². The molecule has 1 aliphatic carbocycles. The van der Waals surface area contributed by atoms with Crippen LogP contribution in [-0.4, -0.2) is 34.2 Å². The largest absolute Gasteiger partial charge is 0.481 e. The van der Waals surface area contributed by atoms with Crippen molar-refractivity contribution in [3.8, 4) is 5.88 Å². The van der Waals surface area contributed by atoms with Crippen LogP contribution in [0, 0.1) is 12.8 Å². The molecule has 1 heterocycles. The van der Waals surface area contributed by atoms with Gasteiger partial charge in [-0.3, -0.25) is 4.79 Å². The summed E-state index contributed by atoms with van der Waals surface area (Å²) in [4.78, 5) is 19.3. The van der Waals surface area contributed by atoms with Crippen LogP contribution >= 0.6 is 0 Å². The quantitative estimate of drug-likeness (QED) is 0.864. The Kier molecular flexibility index (Phi) is 4.19. The molecular weight excluding hydrogens is 246 g/mol. The molecule has 0 aromatic carbocycles. The summed E-state index contributed by atoms with van der Waals surface area (Å²) in [7, 11) is 1.57. The molecule has 0 bridgehead atoms. The van der Waals surface area contributed by atoms with Gasteiger partial charge in [-0.1, -0.05) is 6.42 Å². The summed E-state index contributed by atoms with van der Waals surface area (Å²) in [5.41, 5.74) is 0.849. The van der Waals surface area contributed by atoms with Crippen LogP contribution < -0.4 is 10.1 Å². The molecule has 1 aliphatic rings. The molecular formula is C13H19N3O3. The molecule has 0 saturated heterocycles. The first kappa shape index (κ1) is 13.6. The van der Waals surface area contributed by atoms with Crippen molar-refractivity contribution in [2.45, 2.75) is 38.6 Å². The van der Waals surface area contributed by atoms with Gasteiger partial charge in [-0.2, -0.15) is 0 Å². The number of aliphatic carboxylic acids is 1. The molecule has 0 amide bonds. The number of nitrogens with one attached hydrogen (secondary N) is 1. The minimum absolute atomic E-state index is 0.146. The Bertz CT molecular complexity index is 464. The fourth-order valence-electron chi connectivity index (χ4n) is 2.52. The minimum atomic E-state index is -0.705. The third kappa shape index (κ3) is 3.13. The Hall–Kier alpha value is -1.85. The Morgan fingerprint density at radius 1 is 1.47 bits per heavy atom. The van der Waals surface area contributed by atoms with Gasteiger partial charge < -0.3 is 15.2 Å². The molecule has 2 N–H and O–H groups in total. The highest BCUT2D eigenvalue weighted by molar-refractivity contribution is 5.70. The molecule has 1 aromatic heterocycles. The Morgan fingerprint density at radius 2 is 2.26 bits per heavy atom. The SMILES string of the molecule is COc1ncnc(NC2CCCC(C(=O)O)C2)c1C. The van der Waals surface area contributed by atoms with Gasteiger partial charge >= 0.3 is 5.97 Å². The van der Waals surface area contributed by atoms with Gasteiger partial charge in [-0.15, -0.1) is 0 Å². The van der Waals surface area contributed by atoms with Crippen LogP contribution in [0.1, 0.15) is 31.2 Å². The van der Waals surface area contributed by atoms with Gasteiger partial charge in [0.25, 0.3) is 0 Å². The van der Waals surface area contributed by atoms with E-state index in [1.54, 1.807) is 7.11 Å². The number of carbonyl (C=O) groups is 1. The summed E-state index contributed by atoms with van der Waals surface area (Å²) in [5, 5.41) is 12.4. The van der Waals surface area contributed by atoms with Gasteiger partial charge in [-0.25, -0.2) is 9.97 Å². The number of nitrogens with zero attached hydrogens (tertiary/aromatic N) is 2. The predicted molar refractivity (Wildman–Crippen MR) is 70.3 cm³/mol. The van der Waals surface area contributed by atoms with E-state index in [1.165, 1.54) is 6.33 Å². The summed E-state index contributed by atoms with van der Waals surface area (Å²) in [5.74, 6) is 0.310. The maximum absolute atomic E-state index is 11.0. The topological polar surface area (TPSA) is 84.3 Å². The second-order valence-corrected chi connectivity index (χ2v) is 4.90. The summed E-state index contributed by atoms with van der Waals surface area (Å²) in [6.07, 6.45) is 4.75. The number of hydrogen-bond acceptors (Lipinski definition) is 5. The van der Waals surface area contributed by atoms with E-state index < -0.39 is 5.97 Å². The van der Waals surface area contributed by atoms with Crippen molar-refractivity contribution >= 4 is 11.8 Å². The van der Waals surface area contributed by atoms with Crippen molar-refractivity contribution in [2.75, 3.05) is 12.4 Å². The van der Waals surface area contributed by atoms with Crippen molar-refractivity contribution in [2.24, 2.45) is 5.92 Å². The zero-order valence-corrected chi connectivity index (χ0v) is 11.2. The highest BCUT2D eigenvalue weighted by atomic mass is 16.5. The van der Waals surface area contributed by atoms with Gasteiger partial charge in [0.05, 0.1) is 18.6 Å². The van der Waals surface area contributed by atoms with Crippen molar-refractivity contribution in [3.05, 3.63) is 11.9 Å². The Morgan fingerprint density at radius 3 is 2.95 bits per heavy atom. The van der Waals surface area contributed by atoms with E-state index in [2.05, 4.69) is 15.3 Å². The monoisotopic (exact) mass is 265 g/mol. The lowest BCUT2D eigenvalue weighted by Gasteiger charge is -2.28. The second kappa shape index (κ2) is 5.86. The Balaban J connectivity index is 2.06. The van der Waals surface area contributed by atoms with E-state index in [1.807, 2.05) is 6.92 Å². The summed E-state index contributed by atoms with van der Waals surface area (Å²) < 4.78 is 5.15. The van der Waals surface area contributed by atoms with Crippen molar-refractivity contribution in [1.29, 1.82) is 0 Å². The van der Waals surface area contributed by atoms with Gasteiger partial charge in [0.15, 0.2) is 0 Å². The fraction of sp³-hybridized carbons (Fsp3) is 0.615. The molecule has 2 rings (SSSR count). The van der Waals surface area contributed by atoms with Crippen LogP contribution in [0.25, 0.3) is 0 Å². The van der Waals surface area contributed by atoms with Crippen LogP contribution in [0.2, 0.25) is 0 Å². The molecule has 104 valence electrons. The first-order chi connectivity index (χ1) is 9.11. The maximum Gasteiger partial charge on any atom is 0.306 e. The number of methoxy groups -OCH3 is 1. The molecule has 1 saturated carbocycles. The van der Waals surface area contributed by atoms with Crippen LogP contribution in [0.3, 0.4) is 0 Å². The summed E-state index contributed by atoms with van der Waals surface area (Å²) >= 11 is 0. The summed E-state index contributed by atoms with van der Waals surface area (Å²) in [6, 6.07) is 0.146. The average Bonchev–Trinajstić information content (AvgIpc) is 2.41. The molecule has 1 fully saturated rings. The van der Waals surface area contributed by atoms with Gasteiger partial charge in [0, 0.05) is 6.04 Å². The van der Waals surface area contributed by atoms with Gasteiger partial charge in [0.2, 0.25) is 5.88 Å². The molecule has 6 heteroatoms. The van der Waals surface area contributed by atoms with E-state index in [4.69, 9.17) is 9.84 Å². The fourth-order valence-corrected chi connectivity index (χ4v) is 2.52. The van der Waals surface area contributed by atoms with Gasteiger partial charge in [-0.05, 0) is 26.2 Å². The molecule has 0 aliphatic heterocycles. The number of anilines is 1. The number of aromatic nitrogens is 2. The van der Waals surface area contributed by atoms with Crippen molar-refractivity contribution in [1.82, 2.24) is 9.97 Å². The lowest BCUT2D eigenvalue weighted by atomic mass is 9.86. The molecule has 19 heavy (non-hydrogen) atoms. The van der Waals surface area contributed by atoms with E-state index in [0.717, 1.165) is 30.6 Å². The molecule has 6 nitrogen and oxygen atoms in total. The number of hydrogen-bond donors (Lipinski definition) is 2. The number of rotatable bonds is 4. The third-order valence-electron chi connectivity index (χ3n) is 3.60. The molecule has 2 atom stereocenters. The van der Waals surface area contributed by atoms with Crippen LogP contribution in [0.4, 0.5) is 5.82 Å².